The van der Waals surface area contributed by atoms with Crippen LogP contribution in [0.5, 0.6) is 0 Å². The van der Waals surface area contributed by atoms with E-state index >= 15 is 0 Å². The zero-order valence-electron chi connectivity index (χ0n) is 9.43. The number of carbonyl (C=O) groups excluding carboxylic acids is 1. The zero-order valence-corrected chi connectivity index (χ0v) is 9.43. The molecule has 0 bridgehead atoms. The SMILES string of the molecule is CC(=O)c1cccnc1-n1nc(C)nc1C. The van der Waals surface area contributed by atoms with Crippen molar-refractivity contribution in [3.05, 3.63) is 35.5 Å². The smallest absolute Gasteiger partial charge is 0.166 e. The van der Waals surface area contributed by atoms with E-state index in [1.54, 1.807) is 29.9 Å². The quantitative estimate of drug-likeness (QED) is 0.713. The Balaban J connectivity index is 2.64. The summed E-state index contributed by atoms with van der Waals surface area (Å²) in [6.07, 6.45) is 1.64. The number of ketones is 1. The Morgan fingerprint density at radius 1 is 1.38 bits per heavy atom. The third-order valence-electron chi connectivity index (χ3n) is 2.24. The molecule has 0 N–H and O–H groups in total. The number of hydrogen-bond acceptors (Lipinski definition) is 4. The van der Waals surface area contributed by atoms with E-state index in [1.165, 1.54) is 6.92 Å². The van der Waals surface area contributed by atoms with Crippen LogP contribution in [0.4, 0.5) is 0 Å². The highest BCUT2D eigenvalue weighted by Gasteiger charge is 2.13. The lowest BCUT2D eigenvalue weighted by Crippen LogP contribution is -2.08. The molecule has 0 saturated heterocycles. The minimum absolute atomic E-state index is 0.0318. The van der Waals surface area contributed by atoms with E-state index < -0.39 is 0 Å². The average Bonchev–Trinajstić information content (AvgIpc) is 2.57. The lowest BCUT2D eigenvalue weighted by molar-refractivity contribution is 0.101. The summed E-state index contributed by atoms with van der Waals surface area (Å²) in [7, 11) is 0. The monoisotopic (exact) mass is 216 g/mol. The molecule has 0 aliphatic heterocycles. The van der Waals surface area contributed by atoms with Gasteiger partial charge in [0.25, 0.3) is 0 Å². The molecular formula is C11H12N4O. The summed E-state index contributed by atoms with van der Waals surface area (Å²) in [4.78, 5) is 19.8. The second-order valence-electron chi connectivity index (χ2n) is 3.55. The van der Waals surface area contributed by atoms with E-state index in [0.29, 0.717) is 17.2 Å². The van der Waals surface area contributed by atoms with Gasteiger partial charge in [-0.15, -0.1) is 5.10 Å². The van der Waals surface area contributed by atoms with Gasteiger partial charge in [-0.2, -0.15) is 4.68 Å². The van der Waals surface area contributed by atoms with E-state index in [9.17, 15) is 4.79 Å². The Morgan fingerprint density at radius 3 is 2.69 bits per heavy atom. The van der Waals surface area contributed by atoms with Crippen molar-refractivity contribution in [3.63, 3.8) is 0 Å². The van der Waals surface area contributed by atoms with Crippen LogP contribution < -0.4 is 0 Å². The van der Waals surface area contributed by atoms with E-state index in [2.05, 4.69) is 15.1 Å². The fourth-order valence-corrected chi connectivity index (χ4v) is 1.56. The van der Waals surface area contributed by atoms with Gasteiger partial charge in [-0.3, -0.25) is 4.79 Å². The van der Waals surface area contributed by atoms with Crippen molar-refractivity contribution in [1.82, 2.24) is 19.7 Å². The van der Waals surface area contributed by atoms with E-state index in [4.69, 9.17) is 0 Å². The maximum Gasteiger partial charge on any atom is 0.166 e. The fourth-order valence-electron chi connectivity index (χ4n) is 1.56. The second-order valence-corrected chi connectivity index (χ2v) is 3.55. The molecule has 0 unspecified atom stereocenters. The van der Waals surface area contributed by atoms with Crippen LogP contribution in [0, 0.1) is 13.8 Å². The van der Waals surface area contributed by atoms with Crippen LogP contribution in [-0.2, 0) is 0 Å². The first kappa shape index (κ1) is 10.5. The van der Waals surface area contributed by atoms with E-state index in [1.807, 2.05) is 6.92 Å². The minimum atomic E-state index is -0.0318. The highest BCUT2D eigenvalue weighted by molar-refractivity contribution is 5.96. The van der Waals surface area contributed by atoms with Gasteiger partial charge in [-0.05, 0) is 32.9 Å². The predicted octanol–water partition coefficient (Wildman–Crippen LogP) is 1.48. The molecule has 0 saturated carbocycles. The summed E-state index contributed by atoms with van der Waals surface area (Å²) >= 11 is 0. The summed E-state index contributed by atoms with van der Waals surface area (Å²) < 4.78 is 1.59. The second kappa shape index (κ2) is 3.84. The molecule has 0 amide bonds. The van der Waals surface area contributed by atoms with Crippen LogP contribution >= 0.6 is 0 Å². The number of hydrogen-bond donors (Lipinski definition) is 0. The molecule has 2 aromatic heterocycles. The summed E-state index contributed by atoms with van der Waals surface area (Å²) in [5.74, 6) is 1.89. The predicted molar refractivity (Wildman–Crippen MR) is 58.6 cm³/mol. The van der Waals surface area contributed by atoms with Crippen LogP contribution in [0.1, 0.15) is 28.9 Å². The summed E-state index contributed by atoms with van der Waals surface area (Å²) in [6.45, 7) is 5.15. The van der Waals surface area contributed by atoms with Crippen molar-refractivity contribution in [2.45, 2.75) is 20.8 Å². The first-order valence-corrected chi connectivity index (χ1v) is 4.96. The molecule has 0 atom stereocenters. The van der Waals surface area contributed by atoms with Crippen LogP contribution in [0.15, 0.2) is 18.3 Å². The molecule has 2 rings (SSSR count). The van der Waals surface area contributed by atoms with Crippen LogP contribution in [0.2, 0.25) is 0 Å². The van der Waals surface area contributed by atoms with Gasteiger partial charge in [0, 0.05) is 6.20 Å². The third kappa shape index (κ3) is 1.71. The van der Waals surface area contributed by atoms with E-state index in [-0.39, 0.29) is 5.78 Å². The van der Waals surface area contributed by atoms with Crippen LogP contribution in [0.3, 0.4) is 0 Å². The largest absolute Gasteiger partial charge is 0.294 e. The topological polar surface area (TPSA) is 60.7 Å². The highest BCUT2D eigenvalue weighted by Crippen LogP contribution is 2.12. The number of rotatable bonds is 2. The highest BCUT2D eigenvalue weighted by atomic mass is 16.1. The van der Waals surface area contributed by atoms with Crippen molar-refractivity contribution in [3.8, 4) is 5.82 Å². The van der Waals surface area contributed by atoms with Gasteiger partial charge in [-0.1, -0.05) is 0 Å². The molecule has 16 heavy (non-hydrogen) atoms. The normalized spacial score (nSPS) is 10.4. The maximum absolute atomic E-state index is 11.5. The number of carbonyl (C=O) groups is 1. The van der Waals surface area contributed by atoms with Gasteiger partial charge >= 0.3 is 0 Å². The summed E-state index contributed by atoms with van der Waals surface area (Å²) in [6, 6.07) is 3.47. The lowest BCUT2D eigenvalue weighted by atomic mass is 10.2. The zero-order chi connectivity index (χ0) is 11.7. The molecule has 0 aliphatic carbocycles. The molecule has 0 spiro atoms. The van der Waals surface area contributed by atoms with Crippen molar-refractivity contribution >= 4 is 5.78 Å². The number of pyridine rings is 1. The van der Waals surface area contributed by atoms with Gasteiger partial charge in [0.05, 0.1) is 5.56 Å². The Kier molecular flexibility index (Phi) is 2.52. The Morgan fingerprint density at radius 2 is 2.12 bits per heavy atom. The number of nitrogens with zero attached hydrogens (tertiary/aromatic N) is 4. The van der Waals surface area contributed by atoms with Gasteiger partial charge in [0.2, 0.25) is 0 Å². The summed E-state index contributed by atoms with van der Waals surface area (Å²) in [5, 5.41) is 4.21. The van der Waals surface area contributed by atoms with Crippen molar-refractivity contribution in [1.29, 1.82) is 0 Å². The Hall–Kier alpha value is -2.04. The number of aromatic nitrogens is 4. The van der Waals surface area contributed by atoms with Crippen molar-refractivity contribution < 1.29 is 4.79 Å². The molecule has 5 heteroatoms. The molecule has 0 radical (unpaired) electrons. The fraction of sp³-hybridized carbons (Fsp3) is 0.273. The molecule has 0 aliphatic rings. The lowest BCUT2D eigenvalue weighted by Gasteiger charge is -2.05. The maximum atomic E-state index is 11.5. The van der Waals surface area contributed by atoms with Gasteiger partial charge < -0.3 is 0 Å². The standard InChI is InChI=1S/C11H12N4O/c1-7(16)10-5-4-6-12-11(10)15-9(3)13-8(2)14-15/h4-6H,1-3H3. The summed E-state index contributed by atoms with van der Waals surface area (Å²) in [5.41, 5.74) is 0.551. The number of Topliss-reactive ketones (excluding diaryl/α,β-unsaturated/α-hetero) is 1. The van der Waals surface area contributed by atoms with Gasteiger partial charge in [-0.25, -0.2) is 9.97 Å². The minimum Gasteiger partial charge on any atom is -0.294 e. The molecule has 0 aromatic carbocycles. The first-order valence-electron chi connectivity index (χ1n) is 4.96. The van der Waals surface area contributed by atoms with Crippen LogP contribution in [-0.4, -0.2) is 25.5 Å². The van der Waals surface area contributed by atoms with Crippen LogP contribution in [0.25, 0.3) is 5.82 Å². The molecule has 2 heterocycles. The molecule has 2 aromatic rings. The third-order valence-corrected chi connectivity index (χ3v) is 2.24. The molecule has 0 fully saturated rings. The first-order chi connectivity index (χ1) is 7.59. The van der Waals surface area contributed by atoms with Gasteiger partial charge in [0.1, 0.15) is 11.6 Å². The molecular weight excluding hydrogens is 204 g/mol. The molecule has 5 nitrogen and oxygen atoms in total. The molecule has 82 valence electrons. The van der Waals surface area contributed by atoms with Crippen molar-refractivity contribution in [2.75, 3.05) is 0 Å². The van der Waals surface area contributed by atoms with Crippen molar-refractivity contribution in [2.24, 2.45) is 0 Å². The Labute approximate surface area is 93.2 Å². The Bertz CT molecular complexity index is 545. The van der Waals surface area contributed by atoms with E-state index in [0.717, 1.165) is 5.82 Å². The average molecular weight is 216 g/mol. The van der Waals surface area contributed by atoms with Gasteiger partial charge in [0.15, 0.2) is 11.6 Å². The number of aryl methyl sites for hydroxylation is 2.